The molecule has 0 aliphatic carbocycles. The third-order valence-electron chi connectivity index (χ3n) is 3.01. The van der Waals surface area contributed by atoms with E-state index >= 15 is 0 Å². The first-order valence-corrected chi connectivity index (χ1v) is 5.89. The number of carbonyl (C=O) groups excluding carboxylic acids is 2. The van der Waals surface area contributed by atoms with Crippen molar-refractivity contribution in [3.05, 3.63) is 22.5 Å². The number of hydrogen-bond donors (Lipinski definition) is 2. The number of aryl methyl sites for hydroxylation is 1. The molecular formula is C13H20N2O2. The fourth-order valence-corrected chi connectivity index (χ4v) is 1.90. The number of aromatic amines is 1. The lowest BCUT2D eigenvalue weighted by Crippen LogP contribution is -2.32. The van der Waals surface area contributed by atoms with E-state index in [-0.39, 0.29) is 17.7 Å². The molecule has 0 bridgehead atoms. The molecule has 1 amide bonds. The van der Waals surface area contributed by atoms with Gasteiger partial charge in [-0.1, -0.05) is 6.92 Å². The van der Waals surface area contributed by atoms with Crippen molar-refractivity contribution in [3.8, 4) is 0 Å². The average Bonchev–Trinajstić information content (AvgIpc) is 2.53. The smallest absolute Gasteiger partial charge is 0.268 e. The molecule has 1 heterocycles. The van der Waals surface area contributed by atoms with Crippen LogP contribution in [0, 0.1) is 13.8 Å². The number of aromatic nitrogens is 1. The van der Waals surface area contributed by atoms with Crippen LogP contribution in [0.25, 0.3) is 0 Å². The molecular weight excluding hydrogens is 216 g/mol. The van der Waals surface area contributed by atoms with Gasteiger partial charge >= 0.3 is 0 Å². The summed E-state index contributed by atoms with van der Waals surface area (Å²) in [5.74, 6) is -0.161. The molecule has 0 radical (unpaired) electrons. The van der Waals surface area contributed by atoms with Gasteiger partial charge in [0, 0.05) is 17.3 Å². The van der Waals surface area contributed by atoms with Crippen LogP contribution >= 0.6 is 0 Å². The highest BCUT2D eigenvalue weighted by Gasteiger charge is 2.20. The van der Waals surface area contributed by atoms with E-state index in [0.29, 0.717) is 11.3 Å². The number of Topliss-reactive ketones (excluding diaryl/α,β-unsaturated/α-hetero) is 1. The Morgan fingerprint density at radius 1 is 1.35 bits per heavy atom. The van der Waals surface area contributed by atoms with Gasteiger partial charge in [-0.05, 0) is 39.7 Å². The summed E-state index contributed by atoms with van der Waals surface area (Å²) in [6.45, 7) is 9.09. The van der Waals surface area contributed by atoms with E-state index in [4.69, 9.17) is 0 Å². The van der Waals surface area contributed by atoms with Crippen molar-refractivity contribution < 1.29 is 9.59 Å². The van der Waals surface area contributed by atoms with Gasteiger partial charge in [0.2, 0.25) is 0 Å². The summed E-state index contributed by atoms with van der Waals surface area (Å²) in [6.07, 6.45) is 0.879. The molecule has 1 unspecified atom stereocenters. The second-order valence-corrected chi connectivity index (χ2v) is 4.46. The molecule has 17 heavy (non-hydrogen) atoms. The molecule has 1 aromatic heterocycles. The van der Waals surface area contributed by atoms with Crippen molar-refractivity contribution in [2.75, 3.05) is 0 Å². The molecule has 0 saturated heterocycles. The molecule has 0 saturated carbocycles. The first-order chi connectivity index (χ1) is 7.88. The molecule has 4 heteroatoms. The van der Waals surface area contributed by atoms with Crippen LogP contribution in [-0.2, 0) is 0 Å². The molecule has 94 valence electrons. The van der Waals surface area contributed by atoms with Crippen LogP contribution in [0.2, 0.25) is 0 Å². The van der Waals surface area contributed by atoms with Crippen LogP contribution in [0.4, 0.5) is 0 Å². The Bertz CT molecular complexity index is 447. The van der Waals surface area contributed by atoms with Gasteiger partial charge in [-0.3, -0.25) is 9.59 Å². The maximum atomic E-state index is 12.0. The van der Waals surface area contributed by atoms with E-state index in [1.165, 1.54) is 6.92 Å². The molecule has 4 nitrogen and oxygen atoms in total. The lowest BCUT2D eigenvalue weighted by atomic mass is 10.1. The van der Waals surface area contributed by atoms with E-state index < -0.39 is 0 Å². The minimum absolute atomic E-state index is 0.0150. The van der Waals surface area contributed by atoms with E-state index in [1.54, 1.807) is 6.92 Å². The van der Waals surface area contributed by atoms with Crippen molar-refractivity contribution in [2.24, 2.45) is 0 Å². The quantitative estimate of drug-likeness (QED) is 0.788. The van der Waals surface area contributed by atoms with Crippen molar-refractivity contribution in [2.45, 2.75) is 47.1 Å². The molecule has 0 aliphatic rings. The molecule has 1 atom stereocenters. The normalized spacial score (nSPS) is 12.3. The SMILES string of the molecule is CCC(C)NC(=O)c1[nH]c(C)c(C(C)=O)c1C. The van der Waals surface area contributed by atoms with E-state index in [0.717, 1.165) is 17.7 Å². The Morgan fingerprint density at radius 2 is 1.94 bits per heavy atom. The standard InChI is InChI=1S/C13H20N2O2/c1-6-7(2)14-13(17)12-8(3)11(10(5)16)9(4)15-12/h7,15H,6H2,1-5H3,(H,14,17). The first kappa shape index (κ1) is 13.5. The summed E-state index contributed by atoms with van der Waals surface area (Å²) < 4.78 is 0. The largest absolute Gasteiger partial charge is 0.354 e. The predicted molar refractivity (Wildman–Crippen MR) is 67.5 cm³/mol. The Kier molecular flexibility index (Phi) is 4.10. The fraction of sp³-hybridized carbons (Fsp3) is 0.538. The third-order valence-corrected chi connectivity index (χ3v) is 3.01. The minimum Gasteiger partial charge on any atom is -0.354 e. The van der Waals surface area contributed by atoms with Crippen LogP contribution in [-0.4, -0.2) is 22.7 Å². The number of amides is 1. The molecule has 0 fully saturated rings. The monoisotopic (exact) mass is 236 g/mol. The Hall–Kier alpha value is -1.58. The molecule has 0 aliphatic heterocycles. The van der Waals surface area contributed by atoms with E-state index in [9.17, 15) is 9.59 Å². The van der Waals surface area contributed by atoms with Crippen LogP contribution in [0.1, 0.15) is 59.3 Å². The Morgan fingerprint density at radius 3 is 2.35 bits per heavy atom. The van der Waals surface area contributed by atoms with Gasteiger partial charge in [0.25, 0.3) is 5.91 Å². The number of ketones is 1. The Balaban J connectivity index is 3.04. The average molecular weight is 236 g/mol. The number of H-pyrrole nitrogens is 1. The molecule has 0 spiro atoms. The highest BCUT2D eigenvalue weighted by molar-refractivity contribution is 6.02. The zero-order valence-corrected chi connectivity index (χ0v) is 11.1. The maximum absolute atomic E-state index is 12.0. The number of hydrogen-bond acceptors (Lipinski definition) is 2. The molecule has 1 aromatic rings. The van der Waals surface area contributed by atoms with Gasteiger partial charge in [0.15, 0.2) is 5.78 Å². The minimum atomic E-state index is -0.146. The number of rotatable bonds is 4. The van der Waals surface area contributed by atoms with Crippen molar-refractivity contribution in [1.29, 1.82) is 0 Å². The number of carbonyl (C=O) groups is 2. The van der Waals surface area contributed by atoms with Crippen molar-refractivity contribution >= 4 is 11.7 Å². The van der Waals surface area contributed by atoms with Gasteiger partial charge in [0.1, 0.15) is 5.69 Å². The van der Waals surface area contributed by atoms with Gasteiger partial charge < -0.3 is 10.3 Å². The van der Waals surface area contributed by atoms with Gasteiger partial charge in [-0.15, -0.1) is 0 Å². The third kappa shape index (κ3) is 2.75. The lowest BCUT2D eigenvalue weighted by molar-refractivity contribution is 0.0934. The van der Waals surface area contributed by atoms with Gasteiger partial charge in [0.05, 0.1) is 0 Å². The van der Waals surface area contributed by atoms with E-state index in [1.807, 2.05) is 20.8 Å². The summed E-state index contributed by atoms with van der Waals surface area (Å²) >= 11 is 0. The predicted octanol–water partition coefficient (Wildman–Crippen LogP) is 2.36. The van der Waals surface area contributed by atoms with Crippen LogP contribution in [0.5, 0.6) is 0 Å². The molecule has 1 rings (SSSR count). The zero-order chi connectivity index (χ0) is 13.2. The summed E-state index contributed by atoms with van der Waals surface area (Å²) in [6, 6.07) is 0.131. The zero-order valence-electron chi connectivity index (χ0n) is 11.1. The van der Waals surface area contributed by atoms with Crippen LogP contribution in [0.3, 0.4) is 0 Å². The summed E-state index contributed by atoms with van der Waals surface area (Å²) in [4.78, 5) is 26.4. The molecule has 0 aromatic carbocycles. The van der Waals surface area contributed by atoms with Crippen molar-refractivity contribution in [1.82, 2.24) is 10.3 Å². The second kappa shape index (κ2) is 5.17. The second-order valence-electron chi connectivity index (χ2n) is 4.46. The first-order valence-electron chi connectivity index (χ1n) is 5.89. The summed E-state index contributed by atoms with van der Waals surface area (Å²) in [5.41, 5.74) is 2.60. The number of nitrogens with one attached hydrogen (secondary N) is 2. The van der Waals surface area contributed by atoms with Crippen molar-refractivity contribution in [3.63, 3.8) is 0 Å². The molecule has 2 N–H and O–H groups in total. The fourth-order valence-electron chi connectivity index (χ4n) is 1.90. The topological polar surface area (TPSA) is 62.0 Å². The lowest BCUT2D eigenvalue weighted by Gasteiger charge is -2.10. The van der Waals surface area contributed by atoms with Gasteiger partial charge in [-0.2, -0.15) is 0 Å². The highest BCUT2D eigenvalue weighted by Crippen LogP contribution is 2.18. The summed E-state index contributed by atoms with van der Waals surface area (Å²) in [5, 5.41) is 2.88. The van der Waals surface area contributed by atoms with Crippen LogP contribution < -0.4 is 5.32 Å². The Labute approximate surface area is 102 Å². The highest BCUT2D eigenvalue weighted by atomic mass is 16.2. The van der Waals surface area contributed by atoms with Gasteiger partial charge in [-0.25, -0.2) is 0 Å². The van der Waals surface area contributed by atoms with E-state index in [2.05, 4.69) is 10.3 Å². The summed E-state index contributed by atoms with van der Waals surface area (Å²) in [7, 11) is 0. The maximum Gasteiger partial charge on any atom is 0.268 e. The van der Waals surface area contributed by atoms with Crippen LogP contribution in [0.15, 0.2) is 0 Å².